The molecule has 0 unspecified atom stereocenters. The number of carbonyl (C=O) groups is 1. The third-order valence-corrected chi connectivity index (χ3v) is 2.51. The summed E-state index contributed by atoms with van der Waals surface area (Å²) >= 11 is 0. The number of hydrogen-bond donors (Lipinski definition) is 1. The quantitative estimate of drug-likeness (QED) is 0.893. The number of rotatable bonds is 3. The first-order valence-corrected chi connectivity index (χ1v) is 5.58. The maximum atomic E-state index is 12.3. The third kappa shape index (κ3) is 2.45. The van der Waals surface area contributed by atoms with Gasteiger partial charge in [-0.05, 0) is 25.1 Å². The molecule has 0 aliphatic heterocycles. The Morgan fingerprint density at radius 2 is 2.00 bits per heavy atom. The van der Waals surface area contributed by atoms with Gasteiger partial charge in [0.2, 0.25) is 0 Å². The summed E-state index contributed by atoms with van der Waals surface area (Å²) in [5, 5.41) is 9.34. The molecule has 0 bridgehead atoms. The second-order valence-electron chi connectivity index (χ2n) is 3.69. The minimum absolute atomic E-state index is 0.0216. The number of anilines is 1. The van der Waals surface area contributed by atoms with Crippen LogP contribution in [0.25, 0.3) is 0 Å². The summed E-state index contributed by atoms with van der Waals surface area (Å²) in [5.74, 6) is -0.223. The van der Waals surface area contributed by atoms with Gasteiger partial charge in [0.15, 0.2) is 0 Å². The molecule has 0 aliphatic rings. The fourth-order valence-electron chi connectivity index (χ4n) is 1.67. The molecule has 0 aromatic carbocycles. The summed E-state index contributed by atoms with van der Waals surface area (Å²) in [6.07, 6.45) is 5.99. The number of carbonyl (C=O) groups excluding carboxylic acids is 1. The molecule has 0 atom stereocenters. The number of hydrogen-bond acceptors (Lipinski definition) is 4. The lowest BCUT2D eigenvalue weighted by Gasteiger charge is -2.20. The van der Waals surface area contributed by atoms with Gasteiger partial charge in [-0.1, -0.05) is 0 Å². The van der Waals surface area contributed by atoms with E-state index in [2.05, 4.69) is 9.97 Å². The maximum Gasteiger partial charge on any atom is 0.259 e. The van der Waals surface area contributed by atoms with Crippen LogP contribution in [0.4, 0.5) is 5.69 Å². The minimum atomic E-state index is -0.202. The van der Waals surface area contributed by atoms with Crippen LogP contribution in [0.2, 0.25) is 0 Å². The lowest BCUT2D eigenvalue weighted by Crippen LogP contribution is -2.30. The first-order chi connectivity index (χ1) is 8.72. The molecule has 0 aliphatic carbocycles. The van der Waals surface area contributed by atoms with Gasteiger partial charge in [0.25, 0.3) is 5.91 Å². The predicted molar refractivity (Wildman–Crippen MR) is 67.5 cm³/mol. The molecular formula is C13H13N3O2. The Balaban J connectivity index is 2.32. The Morgan fingerprint density at radius 3 is 2.61 bits per heavy atom. The van der Waals surface area contributed by atoms with Crippen molar-refractivity contribution in [1.29, 1.82) is 0 Å². The van der Waals surface area contributed by atoms with Gasteiger partial charge in [-0.3, -0.25) is 14.8 Å². The van der Waals surface area contributed by atoms with Gasteiger partial charge in [-0.25, -0.2) is 0 Å². The van der Waals surface area contributed by atoms with E-state index < -0.39 is 0 Å². The summed E-state index contributed by atoms with van der Waals surface area (Å²) < 4.78 is 0. The second kappa shape index (κ2) is 5.27. The third-order valence-electron chi connectivity index (χ3n) is 2.51. The second-order valence-corrected chi connectivity index (χ2v) is 3.69. The monoisotopic (exact) mass is 243 g/mol. The average Bonchev–Trinajstić information content (AvgIpc) is 2.41. The average molecular weight is 243 g/mol. The molecule has 2 aromatic rings. The van der Waals surface area contributed by atoms with Gasteiger partial charge >= 0.3 is 0 Å². The highest BCUT2D eigenvalue weighted by molar-refractivity contribution is 6.06. The fraction of sp³-hybridized carbons (Fsp3) is 0.154. The van der Waals surface area contributed by atoms with Crippen LogP contribution in [0, 0.1) is 0 Å². The van der Waals surface area contributed by atoms with E-state index >= 15 is 0 Å². The van der Waals surface area contributed by atoms with Crippen molar-refractivity contribution in [2.75, 3.05) is 11.4 Å². The van der Waals surface area contributed by atoms with Crippen molar-refractivity contribution < 1.29 is 9.90 Å². The lowest BCUT2D eigenvalue weighted by atomic mass is 10.2. The zero-order chi connectivity index (χ0) is 13.0. The molecule has 1 N–H and O–H groups in total. The maximum absolute atomic E-state index is 12.3. The zero-order valence-corrected chi connectivity index (χ0v) is 9.95. The van der Waals surface area contributed by atoms with E-state index in [0.29, 0.717) is 12.1 Å². The van der Waals surface area contributed by atoms with Crippen LogP contribution in [-0.2, 0) is 0 Å². The highest BCUT2D eigenvalue weighted by atomic mass is 16.3. The normalized spacial score (nSPS) is 10.1. The van der Waals surface area contributed by atoms with Crippen LogP contribution >= 0.6 is 0 Å². The van der Waals surface area contributed by atoms with Gasteiger partial charge in [-0.15, -0.1) is 0 Å². The van der Waals surface area contributed by atoms with Crippen LogP contribution < -0.4 is 4.90 Å². The molecule has 0 radical (unpaired) electrons. The van der Waals surface area contributed by atoms with Crippen molar-refractivity contribution in [1.82, 2.24) is 9.97 Å². The van der Waals surface area contributed by atoms with E-state index in [-0.39, 0.29) is 11.7 Å². The largest absolute Gasteiger partial charge is 0.506 e. The van der Waals surface area contributed by atoms with Gasteiger partial charge in [0.05, 0.1) is 11.8 Å². The van der Waals surface area contributed by atoms with E-state index in [1.165, 1.54) is 18.5 Å². The number of aromatic nitrogens is 2. The van der Waals surface area contributed by atoms with Gasteiger partial charge in [0.1, 0.15) is 5.75 Å². The Bertz CT molecular complexity index is 543. The highest BCUT2D eigenvalue weighted by Crippen LogP contribution is 2.17. The molecule has 0 saturated carbocycles. The van der Waals surface area contributed by atoms with Crippen LogP contribution in [-0.4, -0.2) is 27.5 Å². The van der Waals surface area contributed by atoms with E-state index in [9.17, 15) is 9.90 Å². The standard InChI is InChI=1S/C13H13N3O2/c1-2-16(11-3-5-14-6-4-11)13(18)10-7-12(17)9-15-8-10/h3-9,17H,2H2,1H3. The number of nitrogens with zero attached hydrogens (tertiary/aromatic N) is 3. The van der Waals surface area contributed by atoms with Crippen LogP contribution in [0.5, 0.6) is 5.75 Å². The van der Waals surface area contributed by atoms with E-state index in [0.717, 1.165) is 5.69 Å². The molecule has 0 fully saturated rings. The van der Waals surface area contributed by atoms with Gasteiger partial charge in [0, 0.05) is 30.8 Å². The highest BCUT2D eigenvalue weighted by Gasteiger charge is 2.16. The van der Waals surface area contributed by atoms with Crippen LogP contribution in [0.15, 0.2) is 43.0 Å². The topological polar surface area (TPSA) is 66.3 Å². The molecule has 0 spiro atoms. The van der Waals surface area contributed by atoms with Crippen molar-refractivity contribution in [2.45, 2.75) is 6.92 Å². The molecule has 18 heavy (non-hydrogen) atoms. The van der Waals surface area contributed by atoms with E-state index in [4.69, 9.17) is 0 Å². The fourth-order valence-corrected chi connectivity index (χ4v) is 1.67. The zero-order valence-electron chi connectivity index (χ0n) is 9.95. The molecule has 2 aromatic heterocycles. The van der Waals surface area contributed by atoms with E-state index in [1.807, 2.05) is 6.92 Å². The lowest BCUT2D eigenvalue weighted by molar-refractivity contribution is 0.0987. The van der Waals surface area contributed by atoms with Crippen molar-refractivity contribution >= 4 is 11.6 Å². The molecule has 2 heterocycles. The molecule has 5 heteroatoms. The Labute approximate surface area is 105 Å². The number of amides is 1. The van der Waals surface area contributed by atoms with Crippen LogP contribution in [0.1, 0.15) is 17.3 Å². The minimum Gasteiger partial charge on any atom is -0.506 e. The SMILES string of the molecule is CCN(C(=O)c1cncc(O)c1)c1ccncc1. The van der Waals surface area contributed by atoms with Gasteiger partial charge in [-0.2, -0.15) is 0 Å². The summed E-state index contributed by atoms with van der Waals surface area (Å²) in [5.41, 5.74) is 1.12. The summed E-state index contributed by atoms with van der Waals surface area (Å²) in [6.45, 7) is 2.41. The summed E-state index contributed by atoms with van der Waals surface area (Å²) in [4.78, 5) is 21.6. The van der Waals surface area contributed by atoms with Crippen molar-refractivity contribution in [3.8, 4) is 5.75 Å². The molecular weight excluding hydrogens is 230 g/mol. The molecule has 1 amide bonds. The van der Waals surface area contributed by atoms with Crippen molar-refractivity contribution in [3.05, 3.63) is 48.5 Å². The molecule has 0 saturated heterocycles. The molecule has 92 valence electrons. The molecule has 5 nitrogen and oxygen atoms in total. The van der Waals surface area contributed by atoms with E-state index in [1.54, 1.807) is 29.4 Å². The number of aromatic hydroxyl groups is 1. The molecule has 2 rings (SSSR count). The van der Waals surface area contributed by atoms with Crippen molar-refractivity contribution in [2.24, 2.45) is 0 Å². The first-order valence-electron chi connectivity index (χ1n) is 5.58. The smallest absolute Gasteiger partial charge is 0.259 e. The predicted octanol–water partition coefficient (Wildman–Crippen LogP) is 1.85. The number of pyridine rings is 2. The van der Waals surface area contributed by atoms with Crippen molar-refractivity contribution in [3.63, 3.8) is 0 Å². The summed E-state index contributed by atoms with van der Waals surface area (Å²) in [7, 11) is 0. The summed E-state index contributed by atoms with van der Waals surface area (Å²) in [6, 6.07) is 4.93. The van der Waals surface area contributed by atoms with Crippen LogP contribution in [0.3, 0.4) is 0 Å². The van der Waals surface area contributed by atoms with Gasteiger partial charge < -0.3 is 10.0 Å². The Hall–Kier alpha value is -2.43. The Kier molecular flexibility index (Phi) is 3.52. The first kappa shape index (κ1) is 12.0. The Morgan fingerprint density at radius 1 is 1.28 bits per heavy atom.